The molecule has 0 N–H and O–H groups in total. The third-order valence-corrected chi connectivity index (χ3v) is 12.2. The average molecular weight is 443 g/mol. The predicted octanol–water partition coefficient (Wildman–Crippen LogP) is 7.08. The molecule has 0 aliphatic heterocycles. The largest absolute Gasteiger partial charge is 0.220 e. The highest BCUT2D eigenvalue weighted by molar-refractivity contribution is 6.91. The van der Waals surface area contributed by atoms with E-state index in [9.17, 15) is 0 Å². The molecule has 1 nitrogen and oxygen atoms in total. The van der Waals surface area contributed by atoms with Crippen LogP contribution in [0.2, 0.25) is 18.6 Å². The molecule has 3 aromatic carbocycles. The first kappa shape index (κ1) is 22.4. The Bertz CT molecular complexity index is 1310. The Labute approximate surface area is 192 Å². The van der Waals surface area contributed by atoms with Crippen LogP contribution in [0.25, 0.3) is 33.2 Å². The third kappa shape index (κ3) is 3.69. The summed E-state index contributed by atoms with van der Waals surface area (Å²) in [5, 5.41) is 3.94. The third-order valence-electron chi connectivity index (χ3n) is 7.49. The molecule has 0 spiro atoms. The van der Waals surface area contributed by atoms with Crippen molar-refractivity contribution in [1.29, 1.82) is 0 Å². The Hall–Kier alpha value is -2.78. The van der Waals surface area contributed by atoms with Crippen molar-refractivity contribution < 1.29 is 8.96 Å². The summed E-state index contributed by atoms with van der Waals surface area (Å²) in [4.78, 5) is 0. The first-order chi connectivity index (χ1) is 15.1. The van der Waals surface area contributed by atoms with E-state index in [0.29, 0.717) is 16.7 Å². The number of pyridine rings is 1. The first-order valence-corrected chi connectivity index (χ1v) is 14.5. The maximum absolute atomic E-state index is 15.3. The maximum atomic E-state index is 15.3. The fourth-order valence-corrected chi connectivity index (χ4v) is 6.11. The van der Waals surface area contributed by atoms with E-state index in [-0.39, 0.29) is 5.82 Å². The summed E-state index contributed by atoms with van der Waals surface area (Å²) in [7, 11) is 0.558. The monoisotopic (exact) mass is 442 g/mol. The smallest absolute Gasteiger partial charge is 0.206 e. The summed E-state index contributed by atoms with van der Waals surface area (Å²) in [6, 6.07) is 21.1. The molecule has 0 saturated carbocycles. The number of hydrogen-bond acceptors (Lipinski definition) is 0. The summed E-state index contributed by atoms with van der Waals surface area (Å²) in [6.45, 7) is 13.5. The van der Waals surface area contributed by atoms with Crippen molar-refractivity contribution in [3.05, 3.63) is 83.8 Å². The van der Waals surface area contributed by atoms with Gasteiger partial charge in [0.1, 0.15) is 12.9 Å². The minimum absolute atomic E-state index is 0.132. The molecular formula is C29H33FNSi+. The van der Waals surface area contributed by atoms with Crippen LogP contribution in [0.1, 0.15) is 25.0 Å². The summed E-state index contributed by atoms with van der Waals surface area (Å²) < 4.78 is 17.5. The number of benzene rings is 3. The molecule has 0 bridgehead atoms. The Morgan fingerprint density at radius 1 is 0.844 bits per heavy atom. The second-order valence-corrected chi connectivity index (χ2v) is 15.0. The van der Waals surface area contributed by atoms with E-state index < -0.39 is 8.07 Å². The Morgan fingerprint density at radius 3 is 2.19 bits per heavy atom. The summed E-state index contributed by atoms with van der Waals surface area (Å²) >= 11 is 0. The molecule has 3 heteroatoms. The quantitative estimate of drug-likeness (QED) is 0.235. The molecule has 0 aliphatic carbocycles. The molecular weight excluding hydrogens is 409 g/mol. The van der Waals surface area contributed by atoms with E-state index in [4.69, 9.17) is 0 Å². The number of fused-ring (bicyclic) bond motifs is 1. The van der Waals surface area contributed by atoms with E-state index in [1.165, 1.54) is 16.0 Å². The van der Waals surface area contributed by atoms with E-state index in [2.05, 4.69) is 69.0 Å². The summed E-state index contributed by atoms with van der Waals surface area (Å²) in [5.74, 6) is -0.132. The van der Waals surface area contributed by atoms with Gasteiger partial charge in [-0.05, 0) is 53.6 Å². The molecule has 0 radical (unpaired) electrons. The zero-order valence-electron chi connectivity index (χ0n) is 20.3. The van der Waals surface area contributed by atoms with Gasteiger partial charge in [-0.15, -0.1) is 0 Å². The molecule has 0 atom stereocenters. The van der Waals surface area contributed by atoms with Crippen LogP contribution >= 0.6 is 0 Å². The lowest BCUT2D eigenvalue weighted by molar-refractivity contribution is -0.659. The van der Waals surface area contributed by atoms with E-state index in [1.54, 1.807) is 0 Å². The molecule has 4 rings (SSSR count). The second kappa shape index (κ2) is 8.29. The number of hydrogen-bond donors (Lipinski definition) is 0. The van der Waals surface area contributed by atoms with Crippen LogP contribution in [0, 0.1) is 19.7 Å². The van der Waals surface area contributed by atoms with Gasteiger partial charge in [0, 0.05) is 11.6 Å². The van der Waals surface area contributed by atoms with Gasteiger partial charge >= 0.3 is 0 Å². The van der Waals surface area contributed by atoms with Gasteiger partial charge in [-0.1, -0.05) is 74.6 Å². The van der Waals surface area contributed by atoms with Gasteiger partial charge in [0.2, 0.25) is 5.69 Å². The Kier molecular flexibility index (Phi) is 5.81. The van der Waals surface area contributed by atoms with Crippen molar-refractivity contribution in [2.45, 2.75) is 46.3 Å². The highest BCUT2D eigenvalue weighted by Gasteiger charge is 2.28. The van der Waals surface area contributed by atoms with Crippen LogP contribution in [-0.2, 0) is 7.05 Å². The van der Waals surface area contributed by atoms with E-state index in [0.717, 1.165) is 22.4 Å². The molecule has 0 aliphatic rings. The van der Waals surface area contributed by atoms with Gasteiger partial charge in [0.15, 0.2) is 6.20 Å². The van der Waals surface area contributed by atoms with Crippen molar-refractivity contribution in [3.63, 3.8) is 0 Å². The minimum atomic E-state index is -1.52. The molecule has 0 unspecified atom stereocenters. The molecule has 0 saturated heterocycles. The molecule has 0 amide bonds. The normalized spacial score (nSPS) is 12.0. The van der Waals surface area contributed by atoms with Crippen LogP contribution < -0.4 is 9.75 Å². The highest BCUT2D eigenvalue weighted by atomic mass is 28.3. The van der Waals surface area contributed by atoms with Crippen molar-refractivity contribution in [2.75, 3.05) is 0 Å². The molecule has 4 aromatic rings. The van der Waals surface area contributed by atoms with Crippen molar-refractivity contribution in [1.82, 2.24) is 0 Å². The number of rotatable bonds is 4. The Morgan fingerprint density at radius 2 is 1.53 bits per heavy atom. The SMILES string of the molecule is Cc1c(-c2c3ccc([Si](C)(C)C(C)C)cc3cc[n+]2C)cc(-c2ccccc2)c(F)c1C. The molecule has 1 aromatic heterocycles. The predicted molar refractivity (Wildman–Crippen MR) is 138 cm³/mol. The molecule has 1 heterocycles. The lowest BCUT2D eigenvalue weighted by Crippen LogP contribution is -2.44. The molecule has 164 valence electrons. The molecule has 32 heavy (non-hydrogen) atoms. The highest BCUT2D eigenvalue weighted by Crippen LogP contribution is 2.36. The van der Waals surface area contributed by atoms with Crippen molar-refractivity contribution in [2.24, 2.45) is 7.05 Å². The Balaban J connectivity index is 2.00. The van der Waals surface area contributed by atoms with Gasteiger partial charge in [0.05, 0.1) is 19.0 Å². The number of aromatic nitrogens is 1. The van der Waals surface area contributed by atoms with Crippen molar-refractivity contribution >= 4 is 24.0 Å². The van der Waals surface area contributed by atoms with E-state index in [1.807, 2.05) is 50.2 Å². The fourth-order valence-electron chi connectivity index (χ4n) is 4.40. The van der Waals surface area contributed by atoms with Gasteiger partial charge in [-0.2, -0.15) is 0 Å². The van der Waals surface area contributed by atoms with E-state index >= 15 is 4.39 Å². The van der Waals surface area contributed by atoms with Crippen LogP contribution in [0.4, 0.5) is 4.39 Å². The van der Waals surface area contributed by atoms with Crippen LogP contribution in [0.5, 0.6) is 0 Å². The van der Waals surface area contributed by atoms with Crippen LogP contribution in [0.3, 0.4) is 0 Å². The average Bonchev–Trinajstić information content (AvgIpc) is 2.78. The summed E-state index contributed by atoms with van der Waals surface area (Å²) in [6.07, 6.45) is 2.13. The van der Waals surface area contributed by atoms with Crippen molar-refractivity contribution in [3.8, 4) is 22.4 Å². The maximum Gasteiger partial charge on any atom is 0.220 e. The zero-order chi connectivity index (χ0) is 23.2. The van der Waals surface area contributed by atoms with Crippen LogP contribution in [-0.4, -0.2) is 8.07 Å². The lowest BCUT2D eigenvalue weighted by atomic mass is 9.91. The number of halogens is 1. The number of nitrogens with zero attached hydrogens (tertiary/aromatic N) is 1. The molecule has 0 fully saturated rings. The topological polar surface area (TPSA) is 3.88 Å². The minimum Gasteiger partial charge on any atom is -0.206 e. The fraction of sp³-hybridized carbons (Fsp3) is 0.276. The standard InChI is InChI=1S/C29H33FNSi/c1-19(2)32(6,7)24-13-14-25-23(17-24)15-16-31(5)29(25)26-18-27(22-11-9-8-10-12-22)28(30)21(4)20(26)3/h8-19H,1-7H3/q+1. The second-order valence-electron chi connectivity index (χ2n) is 9.86. The zero-order valence-corrected chi connectivity index (χ0v) is 21.3. The van der Waals surface area contributed by atoms with Crippen LogP contribution in [0.15, 0.2) is 66.9 Å². The number of aryl methyl sites for hydroxylation is 1. The first-order valence-electron chi connectivity index (χ1n) is 11.4. The van der Waals surface area contributed by atoms with Gasteiger partial charge < -0.3 is 0 Å². The van der Waals surface area contributed by atoms with Gasteiger partial charge in [-0.25, -0.2) is 8.96 Å². The summed E-state index contributed by atoms with van der Waals surface area (Å²) in [5.41, 5.74) is 6.17. The van der Waals surface area contributed by atoms with Gasteiger partial charge in [0.25, 0.3) is 0 Å². The van der Waals surface area contributed by atoms with Gasteiger partial charge in [-0.3, -0.25) is 0 Å². The lowest BCUT2D eigenvalue weighted by Gasteiger charge is -2.27.